The highest BCUT2D eigenvalue weighted by atomic mass is 35.5. The number of carbonyl (C=O) groups is 2. The molecular weight excluding hydrogens is 378 g/mol. The number of halogens is 3. The molecule has 140 valence electrons. The maximum atomic E-state index is 14.7. The van der Waals surface area contributed by atoms with Crippen LogP contribution in [0, 0.1) is 18.6 Å². The van der Waals surface area contributed by atoms with Gasteiger partial charge in [-0.2, -0.15) is 0 Å². The van der Waals surface area contributed by atoms with E-state index in [2.05, 4.69) is 0 Å². The van der Waals surface area contributed by atoms with E-state index in [9.17, 15) is 23.5 Å². The molecule has 1 atom stereocenters. The van der Waals surface area contributed by atoms with Crippen LogP contribution in [-0.4, -0.2) is 21.5 Å². The molecule has 5 nitrogen and oxygen atoms in total. The fraction of sp³-hybridized carbons (Fsp3) is 0.158. The van der Waals surface area contributed by atoms with Crippen molar-refractivity contribution in [3.63, 3.8) is 0 Å². The predicted molar refractivity (Wildman–Crippen MR) is 97.0 cm³/mol. The van der Waals surface area contributed by atoms with Gasteiger partial charge in [-0.25, -0.2) is 8.78 Å². The largest absolute Gasteiger partial charge is 0.505 e. The molecule has 0 aliphatic heterocycles. The van der Waals surface area contributed by atoms with Crippen molar-refractivity contribution < 1.29 is 23.5 Å². The van der Waals surface area contributed by atoms with Crippen LogP contribution in [-0.2, 0) is 4.79 Å². The Morgan fingerprint density at radius 2 is 1.89 bits per heavy atom. The van der Waals surface area contributed by atoms with Gasteiger partial charge in [0, 0.05) is 16.6 Å². The number of fused-ring (bicyclic) bond motifs is 1. The number of carbonyl (C=O) groups excluding carboxylic acids is 2. The van der Waals surface area contributed by atoms with E-state index >= 15 is 0 Å². The minimum absolute atomic E-state index is 0.0105. The quantitative estimate of drug-likeness (QED) is 0.709. The summed E-state index contributed by atoms with van der Waals surface area (Å²) in [6.07, 6.45) is 0. The van der Waals surface area contributed by atoms with Gasteiger partial charge in [-0.1, -0.05) is 11.6 Å². The molecule has 2 aromatic carbocycles. The molecule has 3 rings (SSSR count). The van der Waals surface area contributed by atoms with E-state index in [1.807, 2.05) is 0 Å². The molecule has 1 heterocycles. The molecule has 0 radical (unpaired) electrons. The second kappa shape index (κ2) is 6.66. The van der Waals surface area contributed by atoms with E-state index in [4.69, 9.17) is 17.3 Å². The Bertz CT molecular complexity index is 1110. The van der Waals surface area contributed by atoms with Crippen LogP contribution in [0.5, 0.6) is 5.75 Å². The highest BCUT2D eigenvalue weighted by Gasteiger charge is 2.28. The highest BCUT2D eigenvalue weighted by Crippen LogP contribution is 2.37. The molecule has 1 aromatic heterocycles. The topological polar surface area (TPSA) is 85.3 Å². The molecule has 0 saturated heterocycles. The van der Waals surface area contributed by atoms with Gasteiger partial charge in [-0.3, -0.25) is 14.2 Å². The summed E-state index contributed by atoms with van der Waals surface area (Å²) >= 11 is 5.65. The number of aromatic nitrogens is 1. The lowest BCUT2D eigenvalue weighted by molar-refractivity contribution is -0.119. The number of hydrogen-bond donors (Lipinski definition) is 2. The Hall–Kier alpha value is -2.93. The number of nitrogens with zero attached hydrogens (tertiary/aromatic N) is 1. The van der Waals surface area contributed by atoms with E-state index in [0.29, 0.717) is 0 Å². The Kier molecular flexibility index (Phi) is 4.65. The van der Waals surface area contributed by atoms with E-state index in [-0.39, 0.29) is 32.7 Å². The monoisotopic (exact) mass is 392 g/mol. The van der Waals surface area contributed by atoms with Crippen LogP contribution in [0.1, 0.15) is 34.5 Å². The number of rotatable bonds is 3. The second-order valence-electron chi connectivity index (χ2n) is 6.19. The van der Waals surface area contributed by atoms with Gasteiger partial charge in [-0.05, 0) is 49.7 Å². The van der Waals surface area contributed by atoms with Crippen LogP contribution in [0.3, 0.4) is 0 Å². The fourth-order valence-corrected chi connectivity index (χ4v) is 3.29. The Morgan fingerprint density at radius 1 is 1.22 bits per heavy atom. The summed E-state index contributed by atoms with van der Waals surface area (Å²) in [5, 5.41) is 9.51. The van der Waals surface area contributed by atoms with Crippen molar-refractivity contribution in [3.8, 4) is 5.75 Å². The molecule has 0 bridgehead atoms. The van der Waals surface area contributed by atoms with E-state index in [0.717, 1.165) is 16.7 Å². The summed E-state index contributed by atoms with van der Waals surface area (Å²) in [6.45, 7) is 3.00. The van der Waals surface area contributed by atoms with Gasteiger partial charge in [0.2, 0.25) is 5.91 Å². The summed E-state index contributed by atoms with van der Waals surface area (Å²) in [5.41, 5.74) is 5.94. The lowest BCUT2D eigenvalue weighted by Crippen LogP contribution is -2.20. The fourth-order valence-electron chi connectivity index (χ4n) is 3.17. The smallest absolute Gasteiger partial charge is 0.262 e. The Morgan fingerprint density at radius 3 is 2.48 bits per heavy atom. The first kappa shape index (κ1) is 18.8. The number of hydrogen-bond acceptors (Lipinski definition) is 3. The van der Waals surface area contributed by atoms with Crippen molar-refractivity contribution in [2.24, 2.45) is 5.73 Å². The summed E-state index contributed by atoms with van der Waals surface area (Å²) in [6, 6.07) is 6.01. The van der Waals surface area contributed by atoms with Crippen molar-refractivity contribution in [1.82, 2.24) is 4.57 Å². The summed E-state index contributed by atoms with van der Waals surface area (Å²) < 4.78 is 29.6. The van der Waals surface area contributed by atoms with E-state index in [1.165, 1.54) is 32.0 Å². The highest BCUT2D eigenvalue weighted by molar-refractivity contribution is 6.30. The van der Waals surface area contributed by atoms with Gasteiger partial charge in [0.1, 0.15) is 5.82 Å². The van der Waals surface area contributed by atoms with E-state index < -0.39 is 35.1 Å². The zero-order valence-corrected chi connectivity index (χ0v) is 15.1. The molecule has 1 amide bonds. The van der Waals surface area contributed by atoms with Crippen LogP contribution in [0.4, 0.5) is 8.78 Å². The number of phenolic OH excluding ortho intramolecular Hbond substituents is 1. The molecule has 8 heteroatoms. The van der Waals surface area contributed by atoms with Gasteiger partial charge < -0.3 is 10.8 Å². The zero-order valence-electron chi connectivity index (χ0n) is 14.4. The number of benzene rings is 2. The zero-order chi connectivity index (χ0) is 20.0. The first-order chi connectivity index (χ1) is 12.6. The molecule has 0 spiro atoms. The molecule has 3 aromatic rings. The van der Waals surface area contributed by atoms with Gasteiger partial charge in [-0.15, -0.1) is 0 Å². The van der Waals surface area contributed by atoms with Gasteiger partial charge >= 0.3 is 0 Å². The maximum Gasteiger partial charge on any atom is 0.262 e. The summed E-state index contributed by atoms with van der Waals surface area (Å²) in [4.78, 5) is 24.7. The molecule has 3 N–H and O–H groups in total. The average Bonchev–Trinajstić information content (AvgIpc) is 2.91. The number of aromatic hydroxyl groups is 1. The molecule has 0 fully saturated rings. The minimum Gasteiger partial charge on any atom is -0.505 e. The van der Waals surface area contributed by atoms with Crippen molar-refractivity contribution in [1.29, 1.82) is 0 Å². The Labute approximate surface area is 158 Å². The molecule has 0 saturated carbocycles. The van der Waals surface area contributed by atoms with Gasteiger partial charge in [0.05, 0.1) is 16.5 Å². The average molecular weight is 393 g/mol. The summed E-state index contributed by atoms with van der Waals surface area (Å²) in [7, 11) is 0. The van der Waals surface area contributed by atoms with E-state index in [1.54, 1.807) is 0 Å². The predicted octanol–water partition coefficient (Wildman–Crippen LogP) is 3.86. The van der Waals surface area contributed by atoms with Crippen molar-refractivity contribution in [2.45, 2.75) is 19.8 Å². The lowest BCUT2D eigenvalue weighted by Gasteiger charge is -2.10. The maximum absolute atomic E-state index is 14.7. The third-order valence-electron chi connectivity index (χ3n) is 4.56. The molecule has 0 unspecified atom stereocenters. The second-order valence-corrected chi connectivity index (χ2v) is 6.59. The first-order valence-corrected chi connectivity index (χ1v) is 8.34. The molecular formula is C19H15ClF2N2O3. The van der Waals surface area contributed by atoms with Crippen LogP contribution in [0.2, 0.25) is 5.02 Å². The third-order valence-corrected chi connectivity index (χ3v) is 4.87. The van der Waals surface area contributed by atoms with Crippen LogP contribution >= 0.6 is 11.6 Å². The third kappa shape index (κ3) is 2.94. The first-order valence-electron chi connectivity index (χ1n) is 7.96. The minimum atomic E-state index is -0.965. The van der Waals surface area contributed by atoms with Crippen LogP contribution in [0.15, 0.2) is 30.3 Å². The SMILES string of the molecule is Cc1c([C@H](C)C(N)=O)c2c(F)c(O)ccc2n1C(=O)c1ccc(Cl)c(F)c1. The molecule has 27 heavy (non-hydrogen) atoms. The molecule has 0 aliphatic rings. The Balaban J connectivity index is 2.35. The van der Waals surface area contributed by atoms with Crippen molar-refractivity contribution in [2.75, 3.05) is 0 Å². The van der Waals surface area contributed by atoms with Crippen molar-refractivity contribution >= 4 is 34.3 Å². The van der Waals surface area contributed by atoms with Crippen LogP contribution in [0.25, 0.3) is 10.9 Å². The number of phenols is 1. The molecule has 0 aliphatic carbocycles. The number of primary amides is 1. The number of nitrogens with two attached hydrogens (primary N) is 1. The number of amides is 1. The normalized spacial score (nSPS) is 12.3. The van der Waals surface area contributed by atoms with Crippen LogP contribution < -0.4 is 5.73 Å². The standard InChI is InChI=1S/C19H15ClF2N2O3/c1-8(18(23)26)15-9(2)24(13-5-6-14(25)17(22)16(13)15)19(27)10-3-4-11(20)12(21)7-10/h3-8,25H,1-2H3,(H2,23,26)/t8-/m0/s1. The van der Waals surface area contributed by atoms with Gasteiger partial charge in [0.25, 0.3) is 5.91 Å². The van der Waals surface area contributed by atoms with Crippen molar-refractivity contribution in [3.05, 3.63) is 63.8 Å². The van der Waals surface area contributed by atoms with Gasteiger partial charge in [0.15, 0.2) is 11.6 Å². The lowest BCUT2D eigenvalue weighted by atomic mass is 9.97. The summed E-state index contributed by atoms with van der Waals surface area (Å²) in [5.74, 6) is -4.63.